The van der Waals surface area contributed by atoms with Gasteiger partial charge in [-0.2, -0.15) is 0 Å². The van der Waals surface area contributed by atoms with Crippen LogP contribution in [0, 0.1) is 12.7 Å². The monoisotopic (exact) mass is 380 g/mol. The highest BCUT2D eigenvalue weighted by atomic mass is 19.1. The number of carbonyl (C=O) groups is 1. The standard InChI is InChI=1S/C21H21FN4O2/c1-13-10-15-18(25-17-5-3-2-4-16(17)22)11-19(26-20(15)12-23-13)21(27)24-14-6-8-28-9-7-14/h2-5,10-12,14H,6-9H2,1H3,(H,24,27)(H,25,26). The zero-order chi connectivity index (χ0) is 19.5. The molecular formula is C21H21FN4O2. The van der Waals surface area contributed by atoms with E-state index in [9.17, 15) is 9.18 Å². The minimum atomic E-state index is -0.369. The third kappa shape index (κ3) is 3.94. The number of nitrogens with one attached hydrogen (secondary N) is 2. The number of benzene rings is 1. The van der Waals surface area contributed by atoms with Crippen LogP contribution in [0.15, 0.2) is 42.6 Å². The number of hydrogen-bond donors (Lipinski definition) is 2. The van der Waals surface area contributed by atoms with Crippen LogP contribution in [0.3, 0.4) is 0 Å². The summed E-state index contributed by atoms with van der Waals surface area (Å²) in [4.78, 5) is 21.5. The first kappa shape index (κ1) is 18.3. The van der Waals surface area contributed by atoms with Crippen molar-refractivity contribution in [3.63, 3.8) is 0 Å². The summed E-state index contributed by atoms with van der Waals surface area (Å²) >= 11 is 0. The van der Waals surface area contributed by atoms with Crippen LogP contribution in [0.1, 0.15) is 29.0 Å². The van der Waals surface area contributed by atoms with E-state index in [1.165, 1.54) is 6.07 Å². The predicted molar refractivity (Wildman–Crippen MR) is 105 cm³/mol. The van der Waals surface area contributed by atoms with Crippen LogP contribution >= 0.6 is 0 Å². The first-order valence-electron chi connectivity index (χ1n) is 9.28. The molecule has 1 aromatic carbocycles. The Bertz CT molecular complexity index is 1020. The number of fused-ring (bicyclic) bond motifs is 1. The van der Waals surface area contributed by atoms with Gasteiger partial charge in [-0.1, -0.05) is 12.1 Å². The number of nitrogens with zero attached hydrogens (tertiary/aromatic N) is 2. The fourth-order valence-corrected chi connectivity index (χ4v) is 3.26. The minimum absolute atomic E-state index is 0.0675. The number of hydrogen-bond acceptors (Lipinski definition) is 5. The van der Waals surface area contributed by atoms with E-state index < -0.39 is 0 Å². The molecule has 0 bridgehead atoms. The number of aromatic nitrogens is 2. The van der Waals surface area contributed by atoms with Gasteiger partial charge in [0.15, 0.2) is 0 Å². The van der Waals surface area contributed by atoms with Crippen molar-refractivity contribution in [2.45, 2.75) is 25.8 Å². The van der Waals surface area contributed by atoms with Gasteiger partial charge in [0.1, 0.15) is 11.5 Å². The molecule has 0 unspecified atom stereocenters. The van der Waals surface area contributed by atoms with Crippen LogP contribution in [0.4, 0.5) is 15.8 Å². The molecule has 1 aliphatic rings. The maximum Gasteiger partial charge on any atom is 0.270 e. The van der Waals surface area contributed by atoms with Gasteiger partial charge in [-0.25, -0.2) is 9.37 Å². The Morgan fingerprint density at radius 2 is 1.96 bits per heavy atom. The average molecular weight is 380 g/mol. The minimum Gasteiger partial charge on any atom is -0.381 e. The normalized spacial score (nSPS) is 14.8. The summed E-state index contributed by atoms with van der Waals surface area (Å²) in [6.45, 7) is 3.15. The van der Waals surface area contributed by atoms with Gasteiger partial charge in [-0.15, -0.1) is 0 Å². The van der Waals surface area contributed by atoms with Gasteiger partial charge in [0.25, 0.3) is 5.91 Å². The zero-order valence-corrected chi connectivity index (χ0v) is 15.5. The van der Waals surface area contributed by atoms with Gasteiger partial charge in [0.2, 0.25) is 0 Å². The quantitative estimate of drug-likeness (QED) is 0.721. The Morgan fingerprint density at radius 3 is 2.75 bits per heavy atom. The van der Waals surface area contributed by atoms with E-state index in [2.05, 4.69) is 20.6 Å². The molecule has 6 nitrogen and oxygen atoms in total. The Morgan fingerprint density at radius 1 is 1.18 bits per heavy atom. The average Bonchev–Trinajstić information content (AvgIpc) is 2.70. The van der Waals surface area contributed by atoms with Crippen LogP contribution < -0.4 is 10.6 Å². The summed E-state index contributed by atoms with van der Waals surface area (Å²) < 4.78 is 19.5. The van der Waals surface area contributed by atoms with Crippen LogP contribution in [-0.2, 0) is 4.74 Å². The molecule has 0 spiro atoms. The topological polar surface area (TPSA) is 76.1 Å². The smallest absolute Gasteiger partial charge is 0.270 e. The SMILES string of the molecule is Cc1cc2c(Nc3ccccc3F)cc(C(=O)NC3CCOCC3)nc2cn1. The summed E-state index contributed by atoms with van der Waals surface area (Å²) in [6.07, 6.45) is 3.18. The van der Waals surface area contributed by atoms with Crippen LogP contribution in [-0.4, -0.2) is 35.1 Å². The molecule has 144 valence electrons. The van der Waals surface area contributed by atoms with E-state index in [0.29, 0.717) is 30.1 Å². The molecule has 0 aliphatic carbocycles. The highest BCUT2D eigenvalue weighted by molar-refractivity contribution is 6.00. The van der Waals surface area contributed by atoms with Crippen LogP contribution in [0.25, 0.3) is 10.9 Å². The lowest BCUT2D eigenvalue weighted by Gasteiger charge is -2.23. The van der Waals surface area contributed by atoms with Crippen LogP contribution in [0.2, 0.25) is 0 Å². The molecule has 1 saturated heterocycles. The van der Waals surface area contributed by atoms with Crippen LogP contribution in [0.5, 0.6) is 0 Å². The van der Waals surface area contributed by atoms with Gasteiger partial charge in [0, 0.05) is 30.3 Å². The van der Waals surface area contributed by atoms with E-state index >= 15 is 0 Å². The van der Waals surface area contributed by atoms with E-state index in [-0.39, 0.29) is 23.5 Å². The van der Waals surface area contributed by atoms with Crippen molar-refractivity contribution in [2.75, 3.05) is 18.5 Å². The predicted octanol–water partition coefficient (Wildman–Crippen LogP) is 3.73. The number of halogens is 1. The number of amides is 1. The van der Waals surface area contributed by atoms with E-state index in [1.807, 2.05) is 13.0 Å². The maximum atomic E-state index is 14.1. The summed E-state index contributed by atoms with van der Waals surface area (Å²) in [6, 6.07) is 10.0. The Kier molecular flexibility index (Phi) is 5.16. The second-order valence-corrected chi connectivity index (χ2v) is 6.86. The lowest BCUT2D eigenvalue weighted by atomic mass is 10.1. The number of anilines is 2. The van der Waals surface area contributed by atoms with Gasteiger partial charge in [-0.05, 0) is 44.0 Å². The maximum absolute atomic E-state index is 14.1. The molecule has 3 aromatic rings. The van der Waals surface area contributed by atoms with E-state index in [0.717, 1.165) is 23.9 Å². The summed E-state index contributed by atoms with van der Waals surface area (Å²) in [5, 5.41) is 6.88. The van der Waals surface area contributed by atoms with Crippen molar-refractivity contribution in [1.29, 1.82) is 0 Å². The second kappa shape index (κ2) is 7.90. The summed E-state index contributed by atoms with van der Waals surface area (Å²) in [5.74, 6) is -0.627. The highest BCUT2D eigenvalue weighted by Gasteiger charge is 2.19. The number of ether oxygens (including phenoxy) is 1. The lowest BCUT2D eigenvalue weighted by Crippen LogP contribution is -2.39. The number of aryl methyl sites for hydroxylation is 1. The molecule has 4 rings (SSSR count). The highest BCUT2D eigenvalue weighted by Crippen LogP contribution is 2.28. The molecule has 0 saturated carbocycles. The molecule has 2 N–H and O–H groups in total. The van der Waals surface area contributed by atoms with Gasteiger partial charge < -0.3 is 15.4 Å². The molecule has 2 aromatic heterocycles. The largest absolute Gasteiger partial charge is 0.381 e. The number of pyridine rings is 2. The number of para-hydroxylation sites is 1. The van der Waals surface area contributed by atoms with Crippen molar-refractivity contribution in [3.8, 4) is 0 Å². The second-order valence-electron chi connectivity index (χ2n) is 6.86. The van der Waals surface area contributed by atoms with Gasteiger partial charge in [0.05, 0.1) is 23.1 Å². The summed E-state index contributed by atoms with van der Waals surface area (Å²) in [5.41, 5.74) is 2.59. The lowest BCUT2D eigenvalue weighted by molar-refractivity contribution is 0.0694. The molecule has 0 atom stereocenters. The number of carbonyl (C=O) groups excluding carboxylic acids is 1. The zero-order valence-electron chi connectivity index (χ0n) is 15.5. The molecule has 28 heavy (non-hydrogen) atoms. The van der Waals surface area contributed by atoms with E-state index in [4.69, 9.17) is 4.74 Å². The van der Waals surface area contributed by atoms with E-state index in [1.54, 1.807) is 30.5 Å². The van der Waals surface area contributed by atoms with Crippen molar-refractivity contribution in [3.05, 3.63) is 59.8 Å². The molecule has 7 heteroatoms. The third-order valence-electron chi connectivity index (χ3n) is 4.76. The molecular weight excluding hydrogens is 359 g/mol. The molecule has 3 heterocycles. The van der Waals surface area contributed by atoms with Crippen molar-refractivity contribution in [1.82, 2.24) is 15.3 Å². The Labute approximate surface area is 162 Å². The third-order valence-corrected chi connectivity index (χ3v) is 4.76. The summed E-state index contributed by atoms with van der Waals surface area (Å²) in [7, 11) is 0. The Balaban J connectivity index is 1.70. The van der Waals surface area contributed by atoms with Crippen molar-refractivity contribution < 1.29 is 13.9 Å². The molecule has 1 amide bonds. The fraction of sp³-hybridized carbons (Fsp3) is 0.286. The fourth-order valence-electron chi connectivity index (χ4n) is 3.26. The molecule has 0 radical (unpaired) electrons. The van der Waals surface area contributed by atoms with Gasteiger partial charge >= 0.3 is 0 Å². The number of rotatable bonds is 4. The first-order valence-corrected chi connectivity index (χ1v) is 9.28. The Hall–Kier alpha value is -3.06. The first-order chi connectivity index (χ1) is 13.6. The van der Waals surface area contributed by atoms with Gasteiger partial charge in [-0.3, -0.25) is 9.78 Å². The molecule has 1 fully saturated rings. The van der Waals surface area contributed by atoms with Crippen molar-refractivity contribution >= 4 is 28.2 Å². The molecule has 1 aliphatic heterocycles. The van der Waals surface area contributed by atoms with Crippen molar-refractivity contribution in [2.24, 2.45) is 0 Å².